The van der Waals surface area contributed by atoms with E-state index in [1.54, 1.807) is 6.92 Å². The fourth-order valence-electron chi connectivity index (χ4n) is 1.78. The van der Waals surface area contributed by atoms with Crippen molar-refractivity contribution < 1.29 is 17.9 Å². The highest BCUT2D eigenvalue weighted by molar-refractivity contribution is 7.89. The Bertz CT molecular complexity index is 546. The highest BCUT2D eigenvalue weighted by Crippen LogP contribution is 2.24. The summed E-state index contributed by atoms with van der Waals surface area (Å²) < 4.78 is 39.3. The summed E-state index contributed by atoms with van der Waals surface area (Å²) in [5.41, 5.74) is 5.55. The molecule has 0 aliphatic carbocycles. The first-order chi connectivity index (χ1) is 8.84. The molecule has 7 heteroatoms. The van der Waals surface area contributed by atoms with Crippen LogP contribution in [0.2, 0.25) is 0 Å². The standard InChI is InChI=1S/C12H19FN2O3S/c1-3-15(5-4-6-16)19(17,18)12-8-11(14)10(13)7-9(12)2/h7-8,16H,3-6,14H2,1-2H3. The van der Waals surface area contributed by atoms with Crippen LogP contribution >= 0.6 is 0 Å². The van der Waals surface area contributed by atoms with Crippen LogP contribution in [-0.4, -0.2) is 37.5 Å². The Labute approximate surface area is 112 Å². The van der Waals surface area contributed by atoms with Crippen molar-refractivity contribution in [1.29, 1.82) is 0 Å². The summed E-state index contributed by atoms with van der Waals surface area (Å²) in [6, 6.07) is 2.25. The van der Waals surface area contributed by atoms with E-state index in [9.17, 15) is 12.8 Å². The maximum absolute atomic E-state index is 13.3. The molecule has 0 atom stereocenters. The monoisotopic (exact) mass is 290 g/mol. The van der Waals surface area contributed by atoms with E-state index in [1.807, 2.05) is 0 Å². The number of sulfonamides is 1. The van der Waals surface area contributed by atoms with E-state index in [0.29, 0.717) is 12.0 Å². The molecule has 0 bridgehead atoms. The van der Waals surface area contributed by atoms with Gasteiger partial charge < -0.3 is 10.8 Å². The van der Waals surface area contributed by atoms with Crippen LogP contribution in [0.15, 0.2) is 17.0 Å². The Morgan fingerprint density at radius 2 is 2.05 bits per heavy atom. The second-order valence-corrected chi connectivity index (χ2v) is 6.12. The number of aliphatic hydroxyl groups is 1. The Morgan fingerprint density at radius 1 is 1.42 bits per heavy atom. The molecule has 0 fully saturated rings. The van der Waals surface area contributed by atoms with Crippen LogP contribution in [0.25, 0.3) is 0 Å². The lowest BCUT2D eigenvalue weighted by atomic mass is 10.2. The van der Waals surface area contributed by atoms with Crippen molar-refractivity contribution in [2.75, 3.05) is 25.4 Å². The zero-order valence-electron chi connectivity index (χ0n) is 11.1. The molecule has 1 aromatic carbocycles. The van der Waals surface area contributed by atoms with E-state index < -0.39 is 15.8 Å². The molecule has 0 radical (unpaired) electrons. The maximum atomic E-state index is 13.3. The van der Waals surface area contributed by atoms with Crippen molar-refractivity contribution in [3.05, 3.63) is 23.5 Å². The van der Waals surface area contributed by atoms with Gasteiger partial charge in [0.05, 0.1) is 10.6 Å². The Hall–Kier alpha value is -1.18. The molecule has 0 aliphatic rings. The van der Waals surface area contributed by atoms with Gasteiger partial charge in [-0.2, -0.15) is 4.31 Å². The molecule has 0 aromatic heterocycles. The van der Waals surface area contributed by atoms with E-state index in [4.69, 9.17) is 10.8 Å². The number of hydrogen-bond acceptors (Lipinski definition) is 4. The van der Waals surface area contributed by atoms with Gasteiger partial charge in [0, 0.05) is 19.7 Å². The molecule has 5 nitrogen and oxygen atoms in total. The summed E-state index contributed by atoms with van der Waals surface area (Å²) in [6.07, 6.45) is 0.350. The minimum atomic E-state index is -3.72. The van der Waals surface area contributed by atoms with E-state index in [2.05, 4.69) is 0 Å². The molecule has 0 aliphatic heterocycles. The van der Waals surface area contributed by atoms with Crippen molar-refractivity contribution in [2.24, 2.45) is 0 Å². The fraction of sp³-hybridized carbons (Fsp3) is 0.500. The minimum Gasteiger partial charge on any atom is -0.396 e. The molecule has 0 saturated heterocycles. The van der Waals surface area contributed by atoms with Gasteiger partial charge in [0.25, 0.3) is 0 Å². The number of nitrogens with zero attached hydrogens (tertiary/aromatic N) is 1. The molecular formula is C12H19FN2O3S. The van der Waals surface area contributed by atoms with Gasteiger partial charge in [-0.15, -0.1) is 0 Å². The van der Waals surface area contributed by atoms with Crippen LogP contribution < -0.4 is 5.73 Å². The van der Waals surface area contributed by atoms with Crippen molar-refractivity contribution >= 4 is 15.7 Å². The zero-order valence-corrected chi connectivity index (χ0v) is 11.9. The predicted octanol–water partition coefficient (Wildman–Crippen LogP) is 1.11. The first kappa shape index (κ1) is 15.9. The SMILES string of the molecule is CCN(CCCO)S(=O)(=O)c1cc(N)c(F)cc1C. The van der Waals surface area contributed by atoms with E-state index in [-0.39, 0.29) is 30.3 Å². The molecule has 1 aromatic rings. The van der Waals surface area contributed by atoms with Gasteiger partial charge in [-0.25, -0.2) is 12.8 Å². The largest absolute Gasteiger partial charge is 0.396 e. The van der Waals surface area contributed by atoms with Gasteiger partial charge in [-0.1, -0.05) is 6.92 Å². The van der Waals surface area contributed by atoms with E-state index in [0.717, 1.165) is 12.1 Å². The Kier molecular flexibility index (Phi) is 5.28. The topological polar surface area (TPSA) is 83.6 Å². The van der Waals surface area contributed by atoms with Crippen LogP contribution in [0.4, 0.5) is 10.1 Å². The number of aliphatic hydroxyl groups excluding tert-OH is 1. The first-order valence-electron chi connectivity index (χ1n) is 6.01. The number of anilines is 1. The third-order valence-corrected chi connectivity index (χ3v) is 4.95. The van der Waals surface area contributed by atoms with Crippen LogP contribution in [0.1, 0.15) is 18.9 Å². The number of nitrogen functional groups attached to an aromatic ring is 1. The third kappa shape index (κ3) is 3.43. The molecule has 1 rings (SSSR count). The molecule has 19 heavy (non-hydrogen) atoms. The molecule has 3 N–H and O–H groups in total. The van der Waals surface area contributed by atoms with Gasteiger partial charge in [0.15, 0.2) is 0 Å². The van der Waals surface area contributed by atoms with E-state index in [1.165, 1.54) is 11.2 Å². The second kappa shape index (κ2) is 6.31. The molecule has 0 saturated carbocycles. The number of nitrogens with two attached hydrogens (primary N) is 1. The third-order valence-electron chi connectivity index (χ3n) is 2.83. The van der Waals surface area contributed by atoms with Crippen LogP contribution in [-0.2, 0) is 10.0 Å². The number of aryl methyl sites for hydroxylation is 1. The molecule has 0 unspecified atom stereocenters. The number of rotatable bonds is 6. The zero-order chi connectivity index (χ0) is 14.6. The smallest absolute Gasteiger partial charge is 0.243 e. The minimum absolute atomic E-state index is 0.00573. The van der Waals surface area contributed by atoms with Gasteiger partial charge in [-0.3, -0.25) is 0 Å². The summed E-state index contributed by atoms with van der Waals surface area (Å²) in [7, 11) is -3.72. The number of hydrogen-bond donors (Lipinski definition) is 2. The lowest BCUT2D eigenvalue weighted by molar-refractivity contribution is 0.271. The summed E-state index contributed by atoms with van der Waals surface area (Å²) in [4.78, 5) is 0.00573. The molecule has 0 amide bonds. The van der Waals surface area contributed by atoms with Crippen molar-refractivity contribution in [3.8, 4) is 0 Å². The van der Waals surface area contributed by atoms with E-state index >= 15 is 0 Å². The molecular weight excluding hydrogens is 271 g/mol. The van der Waals surface area contributed by atoms with Gasteiger partial charge in [0.2, 0.25) is 10.0 Å². The maximum Gasteiger partial charge on any atom is 0.243 e. The molecule has 0 spiro atoms. The second-order valence-electron chi connectivity index (χ2n) is 4.21. The summed E-state index contributed by atoms with van der Waals surface area (Å²) in [5.74, 6) is -0.630. The summed E-state index contributed by atoms with van der Waals surface area (Å²) in [6.45, 7) is 3.63. The van der Waals surface area contributed by atoms with Gasteiger partial charge in [-0.05, 0) is 31.0 Å². The normalized spacial score (nSPS) is 12.1. The Balaban J connectivity index is 3.22. The fourth-order valence-corrected chi connectivity index (χ4v) is 3.51. The molecule has 0 heterocycles. The van der Waals surface area contributed by atoms with Gasteiger partial charge in [0.1, 0.15) is 5.82 Å². The highest BCUT2D eigenvalue weighted by Gasteiger charge is 2.25. The summed E-state index contributed by atoms with van der Waals surface area (Å²) in [5, 5.41) is 8.79. The average molecular weight is 290 g/mol. The number of halogens is 1. The van der Waals surface area contributed by atoms with Crippen molar-refractivity contribution in [1.82, 2.24) is 4.31 Å². The first-order valence-corrected chi connectivity index (χ1v) is 7.45. The predicted molar refractivity (Wildman–Crippen MR) is 71.7 cm³/mol. The van der Waals surface area contributed by atoms with Crippen LogP contribution in [0.3, 0.4) is 0 Å². The van der Waals surface area contributed by atoms with Crippen LogP contribution in [0.5, 0.6) is 0 Å². The summed E-state index contributed by atoms with van der Waals surface area (Å²) >= 11 is 0. The molecule has 108 valence electrons. The van der Waals surface area contributed by atoms with Crippen molar-refractivity contribution in [2.45, 2.75) is 25.2 Å². The average Bonchev–Trinajstić information content (AvgIpc) is 2.34. The quantitative estimate of drug-likeness (QED) is 0.769. The lowest BCUT2D eigenvalue weighted by Gasteiger charge is -2.21. The number of benzene rings is 1. The van der Waals surface area contributed by atoms with Gasteiger partial charge >= 0.3 is 0 Å². The van der Waals surface area contributed by atoms with Crippen LogP contribution in [0, 0.1) is 12.7 Å². The lowest BCUT2D eigenvalue weighted by Crippen LogP contribution is -2.32. The Morgan fingerprint density at radius 3 is 2.58 bits per heavy atom. The highest BCUT2D eigenvalue weighted by atomic mass is 32.2. The van der Waals surface area contributed by atoms with Crippen molar-refractivity contribution in [3.63, 3.8) is 0 Å².